The molecule has 0 amide bonds. The van der Waals surface area contributed by atoms with Gasteiger partial charge in [0.25, 0.3) is 0 Å². The zero-order valence-electron chi connectivity index (χ0n) is 11.7. The zero-order chi connectivity index (χ0) is 15.4. The van der Waals surface area contributed by atoms with E-state index in [9.17, 15) is 9.18 Å². The normalized spacial score (nSPS) is 10.5. The van der Waals surface area contributed by atoms with Crippen molar-refractivity contribution in [2.75, 3.05) is 11.9 Å². The molecule has 5 nitrogen and oxygen atoms in total. The number of aromatic nitrogens is 2. The Morgan fingerprint density at radius 3 is 2.95 bits per heavy atom. The summed E-state index contributed by atoms with van der Waals surface area (Å²) in [4.78, 5) is 11.8. The molecular formula is C14H15BrFN3O2. The van der Waals surface area contributed by atoms with E-state index in [0.29, 0.717) is 28.0 Å². The number of esters is 1. The smallest absolute Gasteiger partial charge is 0.341 e. The fraction of sp³-hybridized carbons (Fsp3) is 0.286. The second-order valence-corrected chi connectivity index (χ2v) is 5.24. The molecule has 0 aliphatic rings. The maximum Gasteiger partial charge on any atom is 0.341 e. The van der Waals surface area contributed by atoms with Crippen LogP contribution in [-0.2, 0) is 18.3 Å². The van der Waals surface area contributed by atoms with Crippen molar-refractivity contribution >= 4 is 27.6 Å². The van der Waals surface area contributed by atoms with Crippen LogP contribution in [0.25, 0.3) is 0 Å². The van der Waals surface area contributed by atoms with Gasteiger partial charge in [-0.15, -0.1) is 0 Å². The number of ether oxygens (including phenoxy) is 1. The monoisotopic (exact) mass is 355 g/mol. The van der Waals surface area contributed by atoms with Gasteiger partial charge in [-0.1, -0.05) is 15.9 Å². The highest BCUT2D eigenvalue weighted by Crippen LogP contribution is 2.20. The molecule has 7 heteroatoms. The van der Waals surface area contributed by atoms with Crippen LogP contribution in [0.1, 0.15) is 23.0 Å². The SMILES string of the molecule is CCOC(=O)c1cnn(C)c1CNc1ccc(Br)cc1F. The average Bonchev–Trinajstić information content (AvgIpc) is 2.79. The molecule has 0 fully saturated rings. The largest absolute Gasteiger partial charge is 0.462 e. The van der Waals surface area contributed by atoms with Crippen LogP contribution in [0.2, 0.25) is 0 Å². The lowest BCUT2D eigenvalue weighted by atomic mass is 10.2. The second-order valence-electron chi connectivity index (χ2n) is 4.33. The number of anilines is 1. The van der Waals surface area contributed by atoms with E-state index >= 15 is 0 Å². The minimum atomic E-state index is -0.432. The van der Waals surface area contributed by atoms with E-state index in [1.807, 2.05) is 0 Å². The molecule has 1 aromatic heterocycles. The number of benzene rings is 1. The van der Waals surface area contributed by atoms with E-state index in [2.05, 4.69) is 26.3 Å². The summed E-state index contributed by atoms with van der Waals surface area (Å²) in [6, 6.07) is 4.73. The second kappa shape index (κ2) is 6.71. The number of carbonyl (C=O) groups excluding carboxylic acids is 1. The van der Waals surface area contributed by atoms with Crippen LogP contribution in [0, 0.1) is 5.82 Å². The molecule has 2 aromatic rings. The molecule has 2 rings (SSSR count). The summed E-state index contributed by atoms with van der Waals surface area (Å²) < 4.78 is 21.0. The summed E-state index contributed by atoms with van der Waals surface area (Å²) >= 11 is 3.20. The van der Waals surface area contributed by atoms with Crippen molar-refractivity contribution < 1.29 is 13.9 Å². The van der Waals surface area contributed by atoms with Gasteiger partial charge in [-0.2, -0.15) is 5.10 Å². The Kier molecular flexibility index (Phi) is 4.95. The number of rotatable bonds is 5. The predicted octanol–water partition coefficient (Wildman–Crippen LogP) is 3.11. The van der Waals surface area contributed by atoms with Crippen LogP contribution in [0.15, 0.2) is 28.9 Å². The Bertz CT molecular complexity index is 658. The van der Waals surface area contributed by atoms with Crippen molar-refractivity contribution in [3.8, 4) is 0 Å². The van der Waals surface area contributed by atoms with Crippen LogP contribution in [0.3, 0.4) is 0 Å². The number of aryl methyl sites for hydroxylation is 1. The molecule has 0 saturated carbocycles. The number of carbonyl (C=O) groups is 1. The van der Waals surface area contributed by atoms with Gasteiger partial charge in [0.05, 0.1) is 30.7 Å². The van der Waals surface area contributed by atoms with Gasteiger partial charge in [0.1, 0.15) is 11.4 Å². The molecule has 1 heterocycles. The van der Waals surface area contributed by atoms with E-state index in [-0.39, 0.29) is 12.4 Å². The number of nitrogens with one attached hydrogen (secondary N) is 1. The van der Waals surface area contributed by atoms with E-state index in [1.165, 1.54) is 12.3 Å². The molecule has 0 bridgehead atoms. The summed E-state index contributed by atoms with van der Waals surface area (Å²) in [5.41, 5.74) is 1.37. The summed E-state index contributed by atoms with van der Waals surface area (Å²) in [5, 5.41) is 7.00. The molecular weight excluding hydrogens is 341 g/mol. The predicted molar refractivity (Wildman–Crippen MR) is 80.6 cm³/mol. The third kappa shape index (κ3) is 3.60. The minimum Gasteiger partial charge on any atom is -0.462 e. The highest BCUT2D eigenvalue weighted by Gasteiger charge is 2.17. The Labute approximate surface area is 130 Å². The minimum absolute atomic E-state index is 0.267. The average molecular weight is 356 g/mol. The van der Waals surface area contributed by atoms with Crippen molar-refractivity contribution in [3.05, 3.63) is 45.9 Å². The van der Waals surface area contributed by atoms with Gasteiger partial charge < -0.3 is 10.1 Å². The van der Waals surface area contributed by atoms with E-state index in [1.54, 1.807) is 30.8 Å². The van der Waals surface area contributed by atoms with Gasteiger partial charge in [0.2, 0.25) is 0 Å². The molecule has 0 spiro atoms. The zero-order valence-corrected chi connectivity index (χ0v) is 13.3. The summed E-state index contributed by atoms with van der Waals surface area (Å²) in [5.74, 6) is -0.803. The summed E-state index contributed by atoms with van der Waals surface area (Å²) in [7, 11) is 1.72. The van der Waals surface area contributed by atoms with Gasteiger partial charge in [-0.3, -0.25) is 4.68 Å². The molecule has 0 saturated heterocycles. The van der Waals surface area contributed by atoms with Crippen LogP contribution < -0.4 is 5.32 Å². The third-order valence-electron chi connectivity index (χ3n) is 2.93. The van der Waals surface area contributed by atoms with E-state index in [4.69, 9.17) is 4.74 Å². The molecule has 0 aliphatic heterocycles. The maximum absolute atomic E-state index is 13.8. The quantitative estimate of drug-likeness (QED) is 0.837. The Morgan fingerprint density at radius 2 is 2.29 bits per heavy atom. The summed E-state index contributed by atoms with van der Waals surface area (Å²) in [6.07, 6.45) is 1.45. The molecule has 21 heavy (non-hydrogen) atoms. The van der Waals surface area contributed by atoms with Crippen molar-refractivity contribution in [1.29, 1.82) is 0 Å². The fourth-order valence-electron chi connectivity index (χ4n) is 1.86. The fourth-order valence-corrected chi connectivity index (χ4v) is 2.20. The first-order valence-electron chi connectivity index (χ1n) is 6.39. The van der Waals surface area contributed by atoms with Crippen LogP contribution in [-0.4, -0.2) is 22.4 Å². The van der Waals surface area contributed by atoms with Gasteiger partial charge in [-0.25, -0.2) is 9.18 Å². The van der Waals surface area contributed by atoms with Crippen molar-refractivity contribution in [3.63, 3.8) is 0 Å². The maximum atomic E-state index is 13.8. The Hall–Kier alpha value is -1.89. The standard InChI is InChI=1S/C14H15BrFN3O2/c1-3-21-14(20)10-7-18-19(2)13(10)8-17-12-5-4-9(15)6-11(12)16/h4-7,17H,3,8H2,1-2H3. The molecule has 0 aliphatic carbocycles. The molecule has 112 valence electrons. The van der Waals surface area contributed by atoms with Gasteiger partial charge in [0.15, 0.2) is 0 Å². The number of hydrogen-bond donors (Lipinski definition) is 1. The lowest BCUT2D eigenvalue weighted by Gasteiger charge is -2.10. The lowest BCUT2D eigenvalue weighted by Crippen LogP contribution is -2.12. The lowest BCUT2D eigenvalue weighted by molar-refractivity contribution is 0.0525. The van der Waals surface area contributed by atoms with Gasteiger partial charge >= 0.3 is 5.97 Å². The van der Waals surface area contributed by atoms with Crippen molar-refractivity contribution in [2.45, 2.75) is 13.5 Å². The third-order valence-corrected chi connectivity index (χ3v) is 3.43. The first kappa shape index (κ1) is 15.5. The van der Waals surface area contributed by atoms with Crippen molar-refractivity contribution in [1.82, 2.24) is 9.78 Å². The van der Waals surface area contributed by atoms with Gasteiger partial charge in [-0.05, 0) is 25.1 Å². The Morgan fingerprint density at radius 1 is 1.52 bits per heavy atom. The van der Waals surface area contributed by atoms with Crippen LogP contribution in [0.5, 0.6) is 0 Å². The molecule has 1 aromatic carbocycles. The first-order valence-corrected chi connectivity index (χ1v) is 7.19. The summed E-state index contributed by atoms with van der Waals surface area (Å²) in [6.45, 7) is 2.30. The molecule has 0 unspecified atom stereocenters. The highest BCUT2D eigenvalue weighted by molar-refractivity contribution is 9.10. The number of halogens is 2. The van der Waals surface area contributed by atoms with E-state index < -0.39 is 5.97 Å². The molecule has 0 radical (unpaired) electrons. The number of nitrogens with zero attached hydrogens (tertiary/aromatic N) is 2. The first-order chi connectivity index (χ1) is 10.0. The van der Waals surface area contributed by atoms with Gasteiger partial charge in [0, 0.05) is 11.5 Å². The van der Waals surface area contributed by atoms with Crippen LogP contribution in [0.4, 0.5) is 10.1 Å². The highest BCUT2D eigenvalue weighted by atomic mass is 79.9. The molecule has 1 N–H and O–H groups in total. The van der Waals surface area contributed by atoms with E-state index in [0.717, 1.165) is 0 Å². The molecule has 0 atom stereocenters. The topological polar surface area (TPSA) is 56.1 Å². The van der Waals surface area contributed by atoms with Crippen molar-refractivity contribution in [2.24, 2.45) is 7.05 Å². The number of hydrogen-bond acceptors (Lipinski definition) is 4. The van der Waals surface area contributed by atoms with Crippen LogP contribution >= 0.6 is 15.9 Å². The Balaban J connectivity index is 2.16.